The minimum absolute atomic E-state index is 0.202. The predicted octanol–water partition coefficient (Wildman–Crippen LogP) is 5.19. The Kier molecular flexibility index (Phi) is 6.14. The number of amides is 1. The molecule has 2 aromatic carbocycles. The molecule has 1 amide bonds. The Morgan fingerprint density at radius 3 is 2.68 bits per heavy atom. The monoisotopic (exact) mass is 471 g/mol. The van der Waals surface area contributed by atoms with Crippen LogP contribution >= 0.6 is 11.8 Å². The lowest BCUT2D eigenvalue weighted by molar-refractivity contribution is 0.0951. The Bertz CT molecular complexity index is 1420. The molecule has 0 aliphatic rings. The lowest BCUT2D eigenvalue weighted by atomic mass is 10.1. The molecular formula is C26H22FN5OS. The molecule has 5 aromatic rings. The second kappa shape index (κ2) is 9.52. The lowest BCUT2D eigenvalue weighted by Gasteiger charge is -2.10. The third kappa shape index (κ3) is 4.72. The van der Waals surface area contributed by atoms with Crippen molar-refractivity contribution in [2.45, 2.75) is 24.1 Å². The number of pyridine rings is 1. The Labute approximate surface area is 200 Å². The molecule has 170 valence electrons. The molecule has 0 radical (unpaired) electrons. The highest BCUT2D eigenvalue weighted by Gasteiger charge is 2.10. The van der Waals surface area contributed by atoms with E-state index in [-0.39, 0.29) is 18.3 Å². The molecular weight excluding hydrogens is 449 g/mol. The molecule has 34 heavy (non-hydrogen) atoms. The number of aryl methyl sites for hydroxylation is 1. The summed E-state index contributed by atoms with van der Waals surface area (Å²) in [6.45, 7) is 2.06. The summed E-state index contributed by atoms with van der Waals surface area (Å²) in [5.74, 6) is 0.888. The molecule has 5 rings (SSSR count). The van der Waals surface area contributed by atoms with Gasteiger partial charge in [-0.1, -0.05) is 12.1 Å². The zero-order chi connectivity index (χ0) is 23.5. The van der Waals surface area contributed by atoms with Crippen LogP contribution in [0, 0.1) is 12.7 Å². The first-order valence-electron chi connectivity index (χ1n) is 10.8. The van der Waals surface area contributed by atoms with Crippen molar-refractivity contribution in [1.82, 2.24) is 24.3 Å². The van der Waals surface area contributed by atoms with Gasteiger partial charge < -0.3 is 14.3 Å². The van der Waals surface area contributed by atoms with Crippen molar-refractivity contribution in [3.63, 3.8) is 0 Å². The van der Waals surface area contributed by atoms with Crippen molar-refractivity contribution in [2.75, 3.05) is 0 Å². The van der Waals surface area contributed by atoms with E-state index in [4.69, 9.17) is 0 Å². The first-order chi connectivity index (χ1) is 16.6. The van der Waals surface area contributed by atoms with E-state index in [1.165, 1.54) is 6.07 Å². The smallest absolute Gasteiger partial charge is 0.251 e. The Morgan fingerprint density at radius 1 is 1.09 bits per heavy atom. The van der Waals surface area contributed by atoms with E-state index >= 15 is 0 Å². The zero-order valence-electron chi connectivity index (χ0n) is 18.5. The maximum Gasteiger partial charge on any atom is 0.251 e. The SMILES string of the molecule is Cc1nccn1-c1ccc(CNC(=O)c2ccc(SCc3cn4ccccc4n3)cc2)cc1F. The van der Waals surface area contributed by atoms with Crippen molar-refractivity contribution in [3.8, 4) is 5.69 Å². The van der Waals surface area contributed by atoms with Crippen molar-refractivity contribution in [1.29, 1.82) is 0 Å². The first kappa shape index (κ1) is 21.9. The summed E-state index contributed by atoms with van der Waals surface area (Å²) in [5, 5.41) is 2.86. The van der Waals surface area contributed by atoms with Gasteiger partial charge in [-0.3, -0.25) is 4.79 Å². The molecule has 0 fully saturated rings. The summed E-state index contributed by atoms with van der Waals surface area (Å²) in [6, 6.07) is 18.3. The summed E-state index contributed by atoms with van der Waals surface area (Å²) in [5.41, 5.74) is 3.60. The number of fused-ring (bicyclic) bond motifs is 1. The number of rotatable bonds is 7. The number of carbonyl (C=O) groups is 1. The predicted molar refractivity (Wildman–Crippen MR) is 131 cm³/mol. The summed E-state index contributed by atoms with van der Waals surface area (Å²) < 4.78 is 18.3. The van der Waals surface area contributed by atoms with E-state index in [2.05, 4.69) is 15.3 Å². The van der Waals surface area contributed by atoms with E-state index in [1.807, 2.05) is 54.0 Å². The van der Waals surface area contributed by atoms with Crippen LogP contribution in [0.3, 0.4) is 0 Å². The fourth-order valence-corrected chi connectivity index (χ4v) is 4.47. The quantitative estimate of drug-likeness (QED) is 0.332. The van der Waals surface area contributed by atoms with Crippen molar-refractivity contribution < 1.29 is 9.18 Å². The molecule has 0 bridgehead atoms. The number of benzene rings is 2. The molecule has 0 saturated carbocycles. The van der Waals surface area contributed by atoms with Crippen molar-refractivity contribution >= 4 is 23.3 Å². The van der Waals surface area contributed by atoms with Crippen molar-refractivity contribution in [3.05, 3.63) is 114 Å². The van der Waals surface area contributed by atoms with Crippen LogP contribution in [0.4, 0.5) is 4.39 Å². The molecule has 0 aliphatic heterocycles. The second-order valence-corrected chi connectivity index (χ2v) is 8.87. The van der Waals surface area contributed by atoms with Crippen LogP contribution in [0.2, 0.25) is 0 Å². The molecule has 8 heteroatoms. The first-order valence-corrected chi connectivity index (χ1v) is 11.8. The molecule has 0 saturated heterocycles. The molecule has 0 unspecified atom stereocenters. The molecule has 0 aliphatic carbocycles. The van der Waals surface area contributed by atoms with Gasteiger partial charge >= 0.3 is 0 Å². The van der Waals surface area contributed by atoms with Gasteiger partial charge in [0, 0.05) is 47.5 Å². The zero-order valence-corrected chi connectivity index (χ0v) is 19.3. The van der Waals surface area contributed by atoms with Gasteiger partial charge in [-0.15, -0.1) is 11.8 Å². The molecule has 3 heterocycles. The Hall–Kier alpha value is -3.91. The molecule has 0 atom stereocenters. The van der Waals surface area contributed by atoms with Crippen LogP contribution in [0.1, 0.15) is 27.4 Å². The van der Waals surface area contributed by atoms with Gasteiger partial charge in [0.25, 0.3) is 5.91 Å². The lowest BCUT2D eigenvalue weighted by Crippen LogP contribution is -2.22. The number of halogens is 1. The van der Waals surface area contributed by atoms with E-state index in [0.717, 1.165) is 22.0 Å². The number of imidazole rings is 2. The average molecular weight is 472 g/mol. The third-order valence-electron chi connectivity index (χ3n) is 5.47. The highest BCUT2D eigenvalue weighted by Crippen LogP contribution is 2.23. The molecule has 0 spiro atoms. The van der Waals surface area contributed by atoms with E-state index in [9.17, 15) is 9.18 Å². The maximum atomic E-state index is 14.6. The highest BCUT2D eigenvalue weighted by molar-refractivity contribution is 7.98. The Morgan fingerprint density at radius 2 is 1.94 bits per heavy atom. The van der Waals surface area contributed by atoms with Gasteiger partial charge in [0.05, 0.1) is 11.4 Å². The third-order valence-corrected chi connectivity index (χ3v) is 6.51. The second-order valence-electron chi connectivity index (χ2n) is 7.82. The normalized spacial score (nSPS) is 11.1. The van der Waals surface area contributed by atoms with E-state index < -0.39 is 0 Å². The van der Waals surface area contributed by atoms with Crippen LogP contribution in [-0.4, -0.2) is 24.8 Å². The maximum absolute atomic E-state index is 14.6. The standard InChI is InChI=1S/C26H22FN5OS/c1-18-28-11-13-32(18)24-10-5-19(14-23(24)27)15-29-26(33)20-6-8-22(9-7-20)34-17-21-16-31-12-3-2-4-25(31)30-21/h2-14,16H,15,17H2,1H3,(H,29,33). The Balaban J connectivity index is 1.17. The summed E-state index contributed by atoms with van der Waals surface area (Å²) in [6.07, 6.45) is 7.35. The average Bonchev–Trinajstić information content (AvgIpc) is 3.47. The molecule has 3 aromatic heterocycles. The summed E-state index contributed by atoms with van der Waals surface area (Å²) in [4.78, 5) is 22.3. The van der Waals surface area contributed by atoms with E-state index in [1.54, 1.807) is 53.0 Å². The summed E-state index contributed by atoms with van der Waals surface area (Å²) >= 11 is 1.67. The number of aromatic nitrogens is 4. The van der Waals surface area contributed by atoms with Crippen LogP contribution in [0.5, 0.6) is 0 Å². The number of hydrogen-bond acceptors (Lipinski definition) is 4. The molecule has 1 N–H and O–H groups in total. The fraction of sp³-hybridized carbons (Fsp3) is 0.115. The van der Waals surface area contributed by atoms with Crippen LogP contribution in [-0.2, 0) is 12.3 Å². The van der Waals surface area contributed by atoms with E-state index in [0.29, 0.717) is 22.6 Å². The highest BCUT2D eigenvalue weighted by atomic mass is 32.2. The topological polar surface area (TPSA) is 64.2 Å². The van der Waals surface area contributed by atoms with Gasteiger partial charge in [-0.2, -0.15) is 0 Å². The number of carbonyl (C=O) groups excluding carboxylic acids is 1. The number of hydrogen-bond donors (Lipinski definition) is 1. The minimum Gasteiger partial charge on any atom is -0.348 e. The largest absolute Gasteiger partial charge is 0.348 e. The van der Waals surface area contributed by atoms with Gasteiger partial charge in [-0.25, -0.2) is 14.4 Å². The van der Waals surface area contributed by atoms with Gasteiger partial charge in [0.1, 0.15) is 17.3 Å². The van der Waals surface area contributed by atoms with Crippen LogP contribution < -0.4 is 5.32 Å². The van der Waals surface area contributed by atoms with Gasteiger partial charge in [-0.05, 0) is 61.0 Å². The molecule has 6 nitrogen and oxygen atoms in total. The van der Waals surface area contributed by atoms with Gasteiger partial charge in [0.2, 0.25) is 0 Å². The minimum atomic E-state index is -0.361. The van der Waals surface area contributed by atoms with Crippen molar-refractivity contribution in [2.24, 2.45) is 0 Å². The van der Waals surface area contributed by atoms with Crippen LogP contribution in [0.15, 0.2) is 90.3 Å². The number of nitrogens with zero attached hydrogens (tertiary/aromatic N) is 4. The van der Waals surface area contributed by atoms with Gasteiger partial charge in [0.15, 0.2) is 0 Å². The number of thioether (sulfide) groups is 1. The number of nitrogens with one attached hydrogen (secondary N) is 1. The fourth-order valence-electron chi connectivity index (χ4n) is 3.69. The summed E-state index contributed by atoms with van der Waals surface area (Å²) in [7, 11) is 0. The van der Waals surface area contributed by atoms with Crippen LogP contribution in [0.25, 0.3) is 11.3 Å².